The van der Waals surface area contributed by atoms with Crippen molar-refractivity contribution >= 4 is 27.5 Å². The third kappa shape index (κ3) is 3.48. The Kier molecular flexibility index (Phi) is 4.64. The minimum Gasteiger partial charge on any atom is -0.456 e. The van der Waals surface area contributed by atoms with Crippen molar-refractivity contribution in [2.75, 3.05) is 7.05 Å². The van der Waals surface area contributed by atoms with Gasteiger partial charge in [0.15, 0.2) is 0 Å². The van der Waals surface area contributed by atoms with Crippen molar-refractivity contribution in [3.63, 3.8) is 0 Å². The maximum absolute atomic E-state index is 6.10. The predicted molar refractivity (Wildman–Crippen MR) is 78.4 cm³/mol. The van der Waals surface area contributed by atoms with Crippen LogP contribution in [-0.2, 0) is 6.54 Å². The van der Waals surface area contributed by atoms with E-state index in [9.17, 15) is 0 Å². The third-order valence-corrected chi connectivity index (χ3v) is 3.21. The van der Waals surface area contributed by atoms with Gasteiger partial charge in [0.05, 0.1) is 5.02 Å². The molecule has 1 N–H and O–H groups in total. The van der Waals surface area contributed by atoms with Crippen LogP contribution in [0.5, 0.6) is 11.5 Å². The van der Waals surface area contributed by atoms with E-state index in [0.717, 1.165) is 16.8 Å². The Morgan fingerprint density at radius 3 is 2.50 bits per heavy atom. The normalized spacial score (nSPS) is 10.4. The Morgan fingerprint density at radius 2 is 1.89 bits per heavy atom. The lowest BCUT2D eigenvalue weighted by atomic mass is 10.2. The molecule has 0 saturated heterocycles. The van der Waals surface area contributed by atoms with E-state index < -0.39 is 0 Å². The number of halogens is 2. The first-order valence-electron chi connectivity index (χ1n) is 5.55. The molecule has 0 aliphatic rings. The highest BCUT2D eigenvalue weighted by molar-refractivity contribution is 9.10. The number of hydrogen-bond donors (Lipinski definition) is 1. The van der Waals surface area contributed by atoms with Gasteiger partial charge in [0, 0.05) is 11.0 Å². The van der Waals surface area contributed by atoms with E-state index in [0.29, 0.717) is 10.8 Å². The largest absolute Gasteiger partial charge is 0.456 e. The second-order valence-corrected chi connectivity index (χ2v) is 5.17. The Bertz CT molecular complexity index is 528. The van der Waals surface area contributed by atoms with Gasteiger partial charge in [-0.25, -0.2) is 0 Å². The molecule has 0 amide bonds. The molecule has 0 spiro atoms. The van der Waals surface area contributed by atoms with Crippen LogP contribution in [0, 0.1) is 0 Å². The zero-order chi connectivity index (χ0) is 13.0. The molecule has 0 saturated carbocycles. The summed E-state index contributed by atoms with van der Waals surface area (Å²) < 4.78 is 6.66. The van der Waals surface area contributed by atoms with Crippen molar-refractivity contribution < 1.29 is 4.74 Å². The third-order valence-electron chi connectivity index (χ3n) is 2.43. The van der Waals surface area contributed by atoms with Crippen molar-refractivity contribution in [1.29, 1.82) is 0 Å². The van der Waals surface area contributed by atoms with Gasteiger partial charge >= 0.3 is 0 Å². The van der Waals surface area contributed by atoms with Gasteiger partial charge in [-0.2, -0.15) is 0 Å². The van der Waals surface area contributed by atoms with Crippen LogP contribution >= 0.6 is 27.5 Å². The van der Waals surface area contributed by atoms with E-state index in [1.165, 1.54) is 5.56 Å². The monoisotopic (exact) mass is 325 g/mol. The second kappa shape index (κ2) is 6.23. The average Bonchev–Trinajstić information content (AvgIpc) is 2.35. The second-order valence-electron chi connectivity index (χ2n) is 3.85. The van der Waals surface area contributed by atoms with Gasteiger partial charge in [-0.3, -0.25) is 0 Å². The Labute approximate surface area is 120 Å². The van der Waals surface area contributed by atoms with E-state index in [4.69, 9.17) is 16.3 Å². The summed E-state index contributed by atoms with van der Waals surface area (Å²) in [7, 11) is 1.92. The first kappa shape index (κ1) is 13.4. The molecular formula is C14H13BrClNO. The van der Waals surface area contributed by atoms with Gasteiger partial charge in [0.25, 0.3) is 0 Å². The average molecular weight is 327 g/mol. The van der Waals surface area contributed by atoms with Crippen molar-refractivity contribution in [3.05, 3.63) is 57.5 Å². The molecule has 0 radical (unpaired) electrons. The van der Waals surface area contributed by atoms with Crippen LogP contribution < -0.4 is 10.1 Å². The Hall–Kier alpha value is -1.03. The molecule has 2 aromatic carbocycles. The highest BCUT2D eigenvalue weighted by Gasteiger charge is 2.03. The lowest BCUT2D eigenvalue weighted by Gasteiger charge is -2.08. The predicted octanol–water partition coefficient (Wildman–Crippen LogP) is 4.61. The molecule has 18 heavy (non-hydrogen) atoms. The van der Waals surface area contributed by atoms with Crippen molar-refractivity contribution in [1.82, 2.24) is 5.32 Å². The summed E-state index contributed by atoms with van der Waals surface area (Å²) in [5, 5.41) is 3.69. The molecule has 0 aliphatic heterocycles. The molecule has 0 fully saturated rings. The summed E-state index contributed by atoms with van der Waals surface area (Å²) in [6.45, 7) is 0.847. The molecule has 4 heteroatoms. The fraction of sp³-hybridized carbons (Fsp3) is 0.143. The molecule has 2 aromatic rings. The van der Waals surface area contributed by atoms with Gasteiger partial charge in [0.2, 0.25) is 0 Å². The lowest BCUT2D eigenvalue weighted by Crippen LogP contribution is -2.04. The molecule has 2 rings (SSSR count). The molecule has 94 valence electrons. The zero-order valence-corrected chi connectivity index (χ0v) is 12.3. The first-order valence-corrected chi connectivity index (χ1v) is 6.72. The van der Waals surface area contributed by atoms with Crippen molar-refractivity contribution in [2.24, 2.45) is 0 Å². The summed E-state index contributed by atoms with van der Waals surface area (Å²) >= 11 is 9.46. The highest BCUT2D eigenvalue weighted by Crippen LogP contribution is 2.31. The maximum Gasteiger partial charge on any atom is 0.146 e. The Balaban J connectivity index is 2.13. The van der Waals surface area contributed by atoms with E-state index >= 15 is 0 Å². The smallest absolute Gasteiger partial charge is 0.146 e. The molecule has 0 heterocycles. The van der Waals surface area contributed by atoms with Crippen LogP contribution in [0.1, 0.15) is 5.56 Å². The van der Waals surface area contributed by atoms with Crippen LogP contribution in [0.3, 0.4) is 0 Å². The molecular weight excluding hydrogens is 314 g/mol. The number of nitrogens with one attached hydrogen (secondary N) is 1. The summed E-state index contributed by atoms with van der Waals surface area (Å²) in [6, 6.07) is 13.5. The zero-order valence-electron chi connectivity index (χ0n) is 9.91. The van der Waals surface area contributed by atoms with Gasteiger partial charge in [-0.05, 0) is 42.9 Å². The lowest BCUT2D eigenvalue weighted by molar-refractivity contribution is 0.482. The van der Waals surface area contributed by atoms with Crippen LogP contribution in [0.2, 0.25) is 5.02 Å². The van der Waals surface area contributed by atoms with Crippen LogP contribution in [0.4, 0.5) is 0 Å². The van der Waals surface area contributed by atoms with Crippen LogP contribution in [0.25, 0.3) is 0 Å². The molecule has 0 bridgehead atoms. The summed E-state index contributed by atoms with van der Waals surface area (Å²) in [6.07, 6.45) is 0. The van der Waals surface area contributed by atoms with Gasteiger partial charge in [-0.1, -0.05) is 39.7 Å². The Morgan fingerprint density at radius 1 is 1.17 bits per heavy atom. The van der Waals surface area contributed by atoms with E-state index in [1.807, 2.05) is 49.5 Å². The SMILES string of the molecule is CNCc1ccc(Oc2ccc(Br)cc2Cl)cc1. The van der Waals surface area contributed by atoms with Crippen LogP contribution in [-0.4, -0.2) is 7.05 Å². The minimum absolute atomic E-state index is 0.587. The summed E-state index contributed by atoms with van der Waals surface area (Å²) in [5.74, 6) is 1.43. The quantitative estimate of drug-likeness (QED) is 0.885. The molecule has 2 nitrogen and oxygen atoms in total. The molecule has 0 atom stereocenters. The van der Waals surface area contributed by atoms with E-state index in [-0.39, 0.29) is 0 Å². The van der Waals surface area contributed by atoms with Gasteiger partial charge in [-0.15, -0.1) is 0 Å². The van der Waals surface area contributed by atoms with Gasteiger partial charge < -0.3 is 10.1 Å². The fourth-order valence-corrected chi connectivity index (χ4v) is 2.28. The highest BCUT2D eigenvalue weighted by atomic mass is 79.9. The standard InChI is InChI=1S/C14H13BrClNO/c1-17-9-10-2-5-12(6-3-10)18-14-7-4-11(15)8-13(14)16/h2-8,17H,9H2,1H3. The van der Waals surface area contributed by atoms with E-state index in [1.54, 1.807) is 0 Å². The topological polar surface area (TPSA) is 21.3 Å². The van der Waals surface area contributed by atoms with Gasteiger partial charge in [0.1, 0.15) is 11.5 Å². The minimum atomic E-state index is 0.587. The van der Waals surface area contributed by atoms with Crippen LogP contribution in [0.15, 0.2) is 46.9 Å². The summed E-state index contributed by atoms with van der Waals surface area (Å²) in [5.41, 5.74) is 1.21. The van der Waals surface area contributed by atoms with E-state index in [2.05, 4.69) is 21.2 Å². The maximum atomic E-state index is 6.10. The number of rotatable bonds is 4. The fourth-order valence-electron chi connectivity index (χ4n) is 1.56. The molecule has 0 aliphatic carbocycles. The van der Waals surface area contributed by atoms with Crippen molar-refractivity contribution in [2.45, 2.75) is 6.54 Å². The first-order chi connectivity index (χ1) is 8.69. The summed E-state index contributed by atoms with van der Waals surface area (Å²) in [4.78, 5) is 0. The number of hydrogen-bond acceptors (Lipinski definition) is 2. The number of ether oxygens (including phenoxy) is 1. The van der Waals surface area contributed by atoms with Crippen molar-refractivity contribution in [3.8, 4) is 11.5 Å². The molecule has 0 aromatic heterocycles. The molecule has 0 unspecified atom stereocenters. The number of benzene rings is 2.